The van der Waals surface area contributed by atoms with Crippen LogP contribution in [-0.4, -0.2) is 50.3 Å². The number of rotatable bonds is 7. The van der Waals surface area contributed by atoms with E-state index in [1.165, 1.54) is 11.1 Å². The summed E-state index contributed by atoms with van der Waals surface area (Å²) in [6, 6.07) is 16.0. The van der Waals surface area contributed by atoms with Gasteiger partial charge in [0.1, 0.15) is 5.75 Å². The van der Waals surface area contributed by atoms with Crippen molar-refractivity contribution < 1.29 is 14.3 Å². The average Bonchev–Trinajstić information content (AvgIpc) is 2.71. The first kappa shape index (κ1) is 19.4. The number of ether oxygens (including phenoxy) is 2. The van der Waals surface area contributed by atoms with Gasteiger partial charge in [-0.2, -0.15) is 0 Å². The molecule has 2 aromatic rings. The summed E-state index contributed by atoms with van der Waals surface area (Å²) in [5.41, 5.74) is 3.01. The van der Waals surface area contributed by atoms with Crippen molar-refractivity contribution in [2.45, 2.75) is 19.9 Å². The Morgan fingerprint density at radius 3 is 2.56 bits per heavy atom. The molecule has 5 heteroatoms. The number of nitrogens with zero attached hydrogens (tertiary/aromatic N) is 1. The molecule has 5 nitrogen and oxygen atoms in total. The molecule has 1 aliphatic heterocycles. The van der Waals surface area contributed by atoms with Crippen LogP contribution in [0.2, 0.25) is 0 Å². The van der Waals surface area contributed by atoms with Crippen LogP contribution < -0.4 is 10.1 Å². The Morgan fingerprint density at radius 2 is 1.85 bits per heavy atom. The van der Waals surface area contributed by atoms with Crippen LogP contribution in [0.1, 0.15) is 34.5 Å². The molecule has 0 aliphatic carbocycles. The highest BCUT2D eigenvalue weighted by Gasteiger charge is 2.24. The topological polar surface area (TPSA) is 50.8 Å². The number of carbonyl (C=O) groups excluding carboxylic acids is 1. The minimum atomic E-state index is -0.107. The second-order valence-electron chi connectivity index (χ2n) is 6.71. The van der Waals surface area contributed by atoms with Crippen molar-refractivity contribution in [1.82, 2.24) is 10.2 Å². The van der Waals surface area contributed by atoms with Crippen LogP contribution in [0.5, 0.6) is 5.75 Å². The molecule has 144 valence electrons. The van der Waals surface area contributed by atoms with E-state index in [1.807, 2.05) is 25.1 Å². The quantitative estimate of drug-likeness (QED) is 0.815. The first-order valence-electron chi connectivity index (χ1n) is 9.57. The predicted molar refractivity (Wildman–Crippen MR) is 106 cm³/mol. The number of benzene rings is 2. The number of amides is 1. The Balaban J connectivity index is 1.74. The van der Waals surface area contributed by atoms with Gasteiger partial charge in [-0.25, -0.2) is 0 Å². The molecule has 1 heterocycles. The zero-order valence-electron chi connectivity index (χ0n) is 16.1. The summed E-state index contributed by atoms with van der Waals surface area (Å²) in [4.78, 5) is 15.2. The van der Waals surface area contributed by atoms with Gasteiger partial charge >= 0.3 is 0 Å². The number of morpholine rings is 1. The summed E-state index contributed by atoms with van der Waals surface area (Å²) >= 11 is 0. The third kappa shape index (κ3) is 5.08. The van der Waals surface area contributed by atoms with Gasteiger partial charge in [-0.3, -0.25) is 9.69 Å². The molecule has 1 atom stereocenters. The summed E-state index contributed by atoms with van der Waals surface area (Å²) in [5.74, 6) is 0.514. The van der Waals surface area contributed by atoms with Crippen molar-refractivity contribution in [3.63, 3.8) is 0 Å². The monoisotopic (exact) mass is 368 g/mol. The second kappa shape index (κ2) is 9.53. The molecule has 0 bridgehead atoms. The molecule has 1 fully saturated rings. The highest BCUT2D eigenvalue weighted by atomic mass is 16.5. The van der Waals surface area contributed by atoms with Gasteiger partial charge in [0.15, 0.2) is 0 Å². The van der Waals surface area contributed by atoms with Crippen LogP contribution in [0.25, 0.3) is 0 Å². The summed E-state index contributed by atoms with van der Waals surface area (Å²) in [6.45, 7) is 8.26. The fourth-order valence-corrected chi connectivity index (χ4v) is 3.36. The van der Waals surface area contributed by atoms with E-state index in [-0.39, 0.29) is 11.9 Å². The van der Waals surface area contributed by atoms with E-state index >= 15 is 0 Å². The normalized spacial score (nSPS) is 15.9. The maximum absolute atomic E-state index is 12.8. The van der Waals surface area contributed by atoms with Gasteiger partial charge in [0.2, 0.25) is 0 Å². The van der Waals surface area contributed by atoms with Crippen molar-refractivity contribution in [3.05, 3.63) is 65.2 Å². The second-order valence-corrected chi connectivity index (χ2v) is 6.71. The van der Waals surface area contributed by atoms with Gasteiger partial charge in [-0.05, 0) is 31.5 Å². The molecule has 0 saturated carbocycles. The van der Waals surface area contributed by atoms with Gasteiger partial charge in [0, 0.05) is 19.6 Å². The van der Waals surface area contributed by atoms with E-state index < -0.39 is 0 Å². The lowest BCUT2D eigenvalue weighted by atomic mass is 10.0. The zero-order chi connectivity index (χ0) is 19.1. The lowest BCUT2D eigenvalue weighted by Crippen LogP contribution is -2.43. The van der Waals surface area contributed by atoms with Crippen molar-refractivity contribution in [3.8, 4) is 5.75 Å². The molecule has 0 aromatic heterocycles. The predicted octanol–water partition coefficient (Wildman–Crippen LogP) is 3.20. The Hall–Kier alpha value is -2.37. The fraction of sp³-hybridized carbons (Fsp3) is 0.409. The van der Waals surface area contributed by atoms with E-state index in [2.05, 4.69) is 41.4 Å². The number of nitrogens with one attached hydrogen (secondary N) is 1. The zero-order valence-corrected chi connectivity index (χ0v) is 16.1. The van der Waals surface area contributed by atoms with Crippen molar-refractivity contribution >= 4 is 5.91 Å². The van der Waals surface area contributed by atoms with E-state index in [0.717, 1.165) is 26.3 Å². The first-order chi connectivity index (χ1) is 13.2. The summed E-state index contributed by atoms with van der Waals surface area (Å²) in [6.07, 6.45) is 0. The average molecular weight is 368 g/mol. The first-order valence-corrected chi connectivity index (χ1v) is 9.57. The van der Waals surface area contributed by atoms with Crippen LogP contribution in [-0.2, 0) is 4.74 Å². The van der Waals surface area contributed by atoms with Crippen LogP contribution in [0, 0.1) is 6.92 Å². The van der Waals surface area contributed by atoms with E-state index in [1.54, 1.807) is 6.07 Å². The van der Waals surface area contributed by atoms with E-state index in [0.29, 0.717) is 24.5 Å². The maximum Gasteiger partial charge on any atom is 0.255 e. The van der Waals surface area contributed by atoms with Crippen LogP contribution in [0.4, 0.5) is 0 Å². The van der Waals surface area contributed by atoms with Gasteiger partial charge in [-0.1, -0.05) is 42.0 Å². The van der Waals surface area contributed by atoms with Gasteiger partial charge in [0.05, 0.1) is 31.4 Å². The van der Waals surface area contributed by atoms with Crippen molar-refractivity contribution in [2.24, 2.45) is 0 Å². The standard InChI is InChI=1S/C22H28N2O3/c1-3-27-21-7-5-4-6-19(21)22(25)23-16-20(24-12-14-26-15-13-24)18-10-8-17(2)9-11-18/h4-11,20H,3,12-16H2,1-2H3,(H,23,25)/t20-/m1/s1. The Labute approximate surface area is 161 Å². The third-order valence-electron chi connectivity index (χ3n) is 4.84. The number of hydrogen-bond donors (Lipinski definition) is 1. The number of carbonyl (C=O) groups is 1. The number of aryl methyl sites for hydroxylation is 1. The molecule has 0 radical (unpaired) electrons. The molecule has 1 N–H and O–H groups in total. The molecule has 1 aliphatic rings. The number of para-hydroxylation sites is 1. The molecule has 1 saturated heterocycles. The smallest absolute Gasteiger partial charge is 0.255 e. The van der Waals surface area contributed by atoms with Crippen LogP contribution >= 0.6 is 0 Å². The molecule has 1 amide bonds. The van der Waals surface area contributed by atoms with Crippen LogP contribution in [0.3, 0.4) is 0 Å². The number of hydrogen-bond acceptors (Lipinski definition) is 4. The molecular formula is C22H28N2O3. The Kier molecular flexibility index (Phi) is 6.85. The fourth-order valence-electron chi connectivity index (χ4n) is 3.36. The lowest BCUT2D eigenvalue weighted by Gasteiger charge is -2.35. The lowest BCUT2D eigenvalue weighted by molar-refractivity contribution is 0.0162. The van der Waals surface area contributed by atoms with Crippen molar-refractivity contribution in [1.29, 1.82) is 0 Å². The summed E-state index contributed by atoms with van der Waals surface area (Å²) in [7, 11) is 0. The molecule has 3 rings (SSSR count). The maximum atomic E-state index is 12.8. The highest BCUT2D eigenvalue weighted by molar-refractivity contribution is 5.96. The highest BCUT2D eigenvalue weighted by Crippen LogP contribution is 2.23. The molecule has 0 spiro atoms. The van der Waals surface area contributed by atoms with E-state index in [4.69, 9.17) is 9.47 Å². The minimum Gasteiger partial charge on any atom is -0.493 e. The molecule has 0 unspecified atom stereocenters. The van der Waals surface area contributed by atoms with E-state index in [9.17, 15) is 4.79 Å². The SMILES string of the molecule is CCOc1ccccc1C(=O)NC[C@H](c1ccc(C)cc1)N1CCOCC1. The van der Waals surface area contributed by atoms with Gasteiger partial charge in [0.25, 0.3) is 5.91 Å². The summed E-state index contributed by atoms with van der Waals surface area (Å²) in [5, 5.41) is 3.11. The molecule has 2 aromatic carbocycles. The Morgan fingerprint density at radius 1 is 1.15 bits per heavy atom. The summed E-state index contributed by atoms with van der Waals surface area (Å²) < 4.78 is 11.1. The van der Waals surface area contributed by atoms with Crippen molar-refractivity contribution in [2.75, 3.05) is 39.5 Å². The van der Waals surface area contributed by atoms with Gasteiger partial charge < -0.3 is 14.8 Å². The molecular weight excluding hydrogens is 340 g/mol. The third-order valence-corrected chi connectivity index (χ3v) is 4.84. The Bertz CT molecular complexity index is 739. The largest absolute Gasteiger partial charge is 0.493 e. The molecule has 27 heavy (non-hydrogen) atoms. The van der Waals surface area contributed by atoms with Crippen LogP contribution in [0.15, 0.2) is 48.5 Å². The van der Waals surface area contributed by atoms with Gasteiger partial charge in [-0.15, -0.1) is 0 Å². The minimum absolute atomic E-state index is 0.107.